The average molecular weight is 287 g/mol. The number of aliphatic hydroxyl groups is 1. The molecule has 2 aromatic rings. The predicted molar refractivity (Wildman–Crippen MR) is 79.6 cm³/mol. The van der Waals surface area contributed by atoms with Gasteiger partial charge in [0.2, 0.25) is 0 Å². The fraction of sp³-hybridized carbons (Fsp3) is 0.235. The quantitative estimate of drug-likeness (QED) is 0.858. The van der Waals surface area contributed by atoms with Crippen molar-refractivity contribution in [2.45, 2.75) is 12.3 Å². The van der Waals surface area contributed by atoms with Gasteiger partial charge in [-0.25, -0.2) is 4.39 Å². The van der Waals surface area contributed by atoms with Gasteiger partial charge in [-0.1, -0.05) is 30.3 Å². The van der Waals surface area contributed by atoms with Crippen molar-refractivity contribution in [3.8, 4) is 0 Å². The molecule has 2 rings (SSSR count). The molecule has 2 aromatic carbocycles. The molecule has 1 unspecified atom stereocenters. The second-order valence-electron chi connectivity index (χ2n) is 4.84. The standard InChI is InChI=1S/C17H18FNO2/c18-16-8-6-14(7-9-16)17(21)19-12-15(10-11-20)13-4-2-1-3-5-13/h1-9,15,20H,10-12H2,(H,19,21). The molecule has 110 valence electrons. The predicted octanol–water partition coefficient (Wildman–Crippen LogP) is 2.72. The fourth-order valence-electron chi connectivity index (χ4n) is 2.19. The zero-order valence-corrected chi connectivity index (χ0v) is 11.6. The van der Waals surface area contributed by atoms with Crippen molar-refractivity contribution in [3.05, 3.63) is 71.5 Å². The van der Waals surface area contributed by atoms with E-state index in [4.69, 9.17) is 5.11 Å². The lowest BCUT2D eigenvalue weighted by atomic mass is 9.96. The van der Waals surface area contributed by atoms with Crippen molar-refractivity contribution in [1.82, 2.24) is 5.32 Å². The summed E-state index contributed by atoms with van der Waals surface area (Å²) in [7, 11) is 0. The maximum atomic E-state index is 12.8. The maximum absolute atomic E-state index is 12.8. The van der Waals surface area contributed by atoms with Gasteiger partial charge in [-0.3, -0.25) is 4.79 Å². The number of amides is 1. The lowest BCUT2D eigenvalue weighted by Crippen LogP contribution is -2.28. The molecule has 0 aliphatic carbocycles. The van der Waals surface area contributed by atoms with Crippen LogP contribution in [-0.2, 0) is 0 Å². The molecule has 2 N–H and O–H groups in total. The third-order valence-corrected chi connectivity index (χ3v) is 3.36. The molecule has 4 heteroatoms. The van der Waals surface area contributed by atoms with Crippen LogP contribution in [0.1, 0.15) is 28.3 Å². The number of benzene rings is 2. The SMILES string of the molecule is O=C(NCC(CCO)c1ccccc1)c1ccc(F)cc1. The third kappa shape index (κ3) is 4.39. The zero-order chi connectivity index (χ0) is 15.1. The molecule has 0 saturated heterocycles. The molecule has 1 amide bonds. The Labute approximate surface area is 123 Å². The smallest absolute Gasteiger partial charge is 0.251 e. The summed E-state index contributed by atoms with van der Waals surface area (Å²) in [4.78, 5) is 12.0. The van der Waals surface area contributed by atoms with Crippen LogP contribution >= 0.6 is 0 Å². The molecule has 0 aromatic heterocycles. The summed E-state index contributed by atoms with van der Waals surface area (Å²) < 4.78 is 12.8. The van der Waals surface area contributed by atoms with E-state index >= 15 is 0 Å². The first-order valence-electron chi connectivity index (χ1n) is 6.90. The number of hydrogen-bond donors (Lipinski definition) is 2. The topological polar surface area (TPSA) is 49.3 Å². The Bertz CT molecular complexity index is 569. The average Bonchev–Trinajstić information content (AvgIpc) is 2.52. The second-order valence-corrected chi connectivity index (χ2v) is 4.84. The second kappa shape index (κ2) is 7.55. The van der Waals surface area contributed by atoms with E-state index in [1.807, 2.05) is 30.3 Å². The summed E-state index contributed by atoms with van der Waals surface area (Å²) in [6.45, 7) is 0.493. The first-order valence-corrected chi connectivity index (χ1v) is 6.90. The summed E-state index contributed by atoms with van der Waals surface area (Å²) in [6.07, 6.45) is 0.577. The van der Waals surface area contributed by atoms with Crippen LogP contribution in [-0.4, -0.2) is 24.2 Å². The van der Waals surface area contributed by atoms with Crippen LogP contribution in [0, 0.1) is 5.82 Å². The molecule has 0 fully saturated rings. The van der Waals surface area contributed by atoms with Crippen LogP contribution in [0.5, 0.6) is 0 Å². The lowest BCUT2D eigenvalue weighted by molar-refractivity contribution is 0.0949. The highest BCUT2D eigenvalue weighted by Gasteiger charge is 2.13. The number of carbonyl (C=O) groups is 1. The summed E-state index contributed by atoms with van der Waals surface area (Å²) >= 11 is 0. The molecule has 0 spiro atoms. The first kappa shape index (κ1) is 15.2. The van der Waals surface area contributed by atoms with Crippen LogP contribution in [0.15, 0.2) is 54.6 Å². The molecular weight excluding hydrogens is 269 g/mol. The number of hydrogen-bond acceptors (Lipinski definition) is 2. The minimum atomic E-state index is -0.367. The van der Waals surface area contributed by atoms with Crippen molar-refractivity contribution in [2.75, 3.05) is 13.2 Å². The van der Waals surface area contributed by atoms with Gasteiger partial charge in [0.1, 0.15) is 5.82 Å². The van der Waals surface area contributed by atoms with E-state index in [1.54, 1.807) is 0 Å². The van der Waals surface area contributed by atoms with Crippen LogP contribution in [0.2, 0.25) is 0 Å². The number of rotatable bonds is 6. The lowest BCUT2D eigenvalue weighted by Gasteiger charge is -2.17. The Hall–Kier alpha value is -2.20. The number of aliphatic hydroxyl groups excluding tert-OH is 1. The Balaban J connectivity index is 1.98. The van der Waals surface area contributed by atoms with Gasteiger partial charge in [-0.2, -0.15) is 0 Å². The van der Waals surface area contributed by atoms with Crippen molar-refractivity contribution in [3.63, 3.8) is 0 Å². The largest absolute Gasteiger partial charge is 0.396 e. The van der Waals surface area contributed by atoms with Crippen LogP contribution in [0.3, 0.4) is 0 Å². The first-order chi connectivity index (χ1) is 10.2. The van der Waals surface area contributed by atoms with Gasteiger partial charge in [-0.05, 0) is 36.2 Å². The molecule has 0 aliphatic rings. The molecule has 1 atom stereocenters. The Morgan fingerprint density at radius 2 is 1.76 bits per heavy atom. The molecule has 21 heavy (non-hydrogen) atoms. The van der Waals surface area contributed by atoms with E-state index in [2.05, 4.69) is 5.32 Å². The molecular formula is C17H18FNO2. The van der Waals surface area contributed by atoms with Gasteiger partial charge in [-0.15, -0.1) is 0 Å². The maximum Gasteiger partial charge on any atom is 0.251 e. The van der Waals surface area contributed by atoms with E-state index < -0.39 is 0 Å². The summed E-state index contributed by atoms with van der Waals surface area (Å²) in [6, 6.07) is 15.2. The van der Waals surface area contributed by atoms with Crippen LogP contribution < -0.4 is 5.32 Å². The molecule has 0 aliphatic heterocycles. The number of halogens is 1. The summed E-state index contributed by atoms with van der Waals surface area (Å²) in [5.74, 6) is -0.552. The molecule has 0 heterocycles. The van der Waals surface area contributed by atoms with Gasteiger partial charge < -0.3 is 10.4 Å². The minimum absolute atomic E-state index is 0.0561. The number of carbonyl (C=O) groups excluding carboxylic acids is 1. The van der Waals surface area contributed by atoms with Gasteiger partial charge in [0.25, 0.3) is 5.91 Å². The summed E-state index contributed by atoms with van der Waals surface area (Å²) in [5, 5.41) is 12.0. The van der Waals surface area contributed by atoms with Crippen molar-refractivity contribution in [1.29, 1.82) is 0 Å². The van der Waals surface area contributed by atoms with E-state index in [9.17, 15) is 9.18 Å². The molecule has 0 bridgehead atoms. The Kier molecular flexibility index (Phi) is 5.46. The monoisotopic (exact) mass is 287 g/mol. The normalized spacial score (nSPS) is 11.9. The van der Waals surface area contributed by atoms with E-state index in [-0.39, 0.29) is 24.2 Å². The van der Waals surface area contributed by atoms with E-state index in [0.29, 0.717) is 18.5 Å². The highest BCUT2D eigenvalue weighted by atomic mass is 19.1. The molecule has 0 radical (unpaired) electrons. The highest BCUT2D eigenvalue weighted by molar-refractivity contribution is 5.94. The fourth-order valence-corrected chi connectivity index (χ4v) is 2.19. The van der Waals surface area contributed by atoms with Gasteiger partial charge >= 0.3 is 0 Å². The zero-order valence-electron chi connectivity index (χ0n) is 11.6. The van der Waals surface area contributed by atoms with Crippen molar-refractivity contribution >= 4 is 5.91 Å². The van der Waals surface area contributed by atoms with Crippen LogP contribution in [0.25, 0.3) is 0 Å². The van der Waals surface area contributed by atoms with Crippen molar-refractivity contribution in [2.24, 2.45) is 0 Å². The number of nitrogens with one attached hydrogen (secondary N) is 1. The van der Waals surface area contributed by atoms with E-state index in [1.165, 1.54) is 24.3 Å². The Morgan fingerprint density at radius 1 is 1.10 bits per heavy atom. The Morgan fingerprint density at radius 3 is 2.38 bits per heavy atom. The highest BCUT2D eigenvalue weighted by Crippen LogP contribution is 2.18. The molecule has 3 nitrogen and oxygen atoms in total. The van der Waals surface area contributed by atoms with Crippen molar-refractivity contribution < 1.29 is 14.3 Å². The third-order valence-electron chi connectivity index (χ3n) is 3.36. The molecule has 0 saturated carbocycles. The van der Waals surface area contributed by atoms with Crippen LogP contribution in [0.4, 0.5) is 4.39 Å². The van der Waals surface area contributed by atoms with Gasteiger partial charge in [0.05, 0.1) is 0 Å². The van der Waals surface area contributed by atoms with Gasteiger partial charge in [0, 0.05) is 24.6 Å². The van der Waals surface area contributed by atoms with E-state index in [0.717, 1.165) is 5.56 Å². The minimum Gasteiger partial charge on any atom is -0.396 e. The van der Waals surface area contributed by atoms with Gasteiger partial charge in [0.15, 0.2) is 0 Å². The summed E-state index contributed by atoms with van der Waals surface area (Å²) in [5.41, 5.74) is 1.50.